The van der Waals surface area contributed by atoms with Crippen molar-refractivity contribution >= 4 is 27.4 Å². The topological polar surface area (TPSA) is 38.3 Å². The molecule has 1 aromatic heterocycles. The Morgan fingerprint density at radius 2 is 2.10 bits per heavy atom. The van der Waals surface area contributed by atoms with Gasteiger partial charge in [-0.25, -0.2) is 4.79 Å². The highest BCUT2D eigenvalue weighted by Gasteiger charge is 2.25. The molecule has 20 heavy (non-hydrogen) atoms. The van der Waals surface area contributed by atoms with E-state index in [1.165, 1.54) is 4.70 Å². The van der Waals surface area contributed by atoms with E-state index in [1.54, 1.807) is 11.3 Å². The fourth-order valence-corrected chi connectivity index (χ4v) is 3.12. The molecular weight excluding hydrogens is 270 g/mol. The molecule has 1 N–H and O–H groups in total. The van der Waals surface area contributed by atoms with E-state index in [1.807, 2.05) is 19.1 Å². The molecule has 3 nitrogen and oxygen atoms in total. The van der Waals surface area contributed by atoms with Gasteiger partial charge in [0.25, 0.3) is 0 Å². The lowest BCUT2D eigenvalue weighted by Gasteiger charge is -2.21. The first-order chi connectivity index (χ1) is 9.67. The lowest BCUT2D eigenvalue weighted by Crippen LogP contribution is -2.36. The molecule has 0 saturated carbocycles. The van der Waals surface area contributed by atoms with Gasteiger partial charge >= 0.3 is 5.97 Å². The van der Waals surface area contributed by atoms with Gasteiger partial charge in [0.15, 0.2) is 0 Å². The van der Waals surface area contributed by atoms with Crippen LogP contribution in [0.15, 0.2) is 29.6 Å². The minimum absolute atomic E-state index is 0.198. The van der Waals surface area contributed by atoms with E-state index in [0.29, 0.717) is 6.61 Å². The Balaban J connectivity index is 2.36. The largest absolute Gasteiger partial charge is 0.465 e. The van der Waals surface area contributed by atoms with Crippen molar-refractivity contribution in [1.82, 2.24) is 5.32 Å². The first-order valence-electron chi connectivity index (χ1n) is 7.06. The summed E-state index contributed by atoms with van der Waals surface area (Å²) in [5, 5.41) is 6.57. The van der Waals surface area contributed by atoms with Crippen LogP contribution in [0.5, 0.6) is 0 Å². The minimum Gasteiger partial charge on any atom is -0.465 e. The predicted octanol–water partition coefficient (Wildman–Crippen LogP) is 3.89. The van der Waals surface area contributed by atoms with Crippen LogP contribution in [0, 0.1) is 0 Å². The van der Waals surface area contributed by atoms with Crippen molar-refractivity contribution in [1.29, 1.82) is 0 Å². The number of carbonyl (C=O) groups is 1. The van der Waals surface area contributed by atoms with E-state index in [4.69, 9.17) is 4.74 Å². The molecule has 1 aromatic carbocycles. The predicted molar refractivity (Wildman–Crippen MR) is 84.1 cm³/mol. The van der Waals surface area contributed by atoms with Gasteiger partial charge in [-0.05, 0) is 42.7 Å². The SMILES string of the molecule is CCOC(=O)C(NC(C)CC)c1csc2ccccc12. The molecule has 0 radical (unpaired) electrons. The number of benzene rings is 1. The average molecular weight is 291 g/mol. The first kappa shape index (κ1) is 15.0. The van der Waals surface area contributed by atoms with Crippen molar-refractivity contribution in [3.8, 4) is 0 Å². The van der Waals surface area contributed by atoms with Crippen LogP contribution in [0.1, 0.15) is 38.8 Å². The van der Waals surface area contributed by atoms with Crippen LogP contribution in [0.3, 0.4) is 0 Å². The lowest BCUT2D eigenvalue weighted by atomic mass is 10.0. The summed E-state index contributed by atoms with van der Waals surface area (Å²) >= 11 is 1.66. The average Bonchev–Trinajstić information content (AvgIpc) is 2.88. The molecule has 108 valence electrons. The van der Waals surface area contributed by atoms with Crippen LogP contribution in [0.2, 0.25) is 0 Å². The third kappa shape index (κ3) is 3.19. The van der Waals surface area contributed by atoms with Gasteiger partial charge in [0.2, 0.25) is 0 Å². The summed E-state index contributed by atoms with van der Waals surface area (Å²) < 4.78 is 6.42. The van der Waals surface area contributed by atoms with Crippen molar-refractivity contribution in [3.05, 3.63) is 35.2 Å². The maximum absolute atomic E-state index is 12.3. The van der Waals surface area contributed by atoms with Crippen LogP contribution in [-0.4, -0.2) is 18.6 Å². The van der Waals surface area contributed by atoms with E-state index in [-0.39, 0.29) is 18.1 Å². The highest BCUT2D eigenvalue weighted by Crippen LogP contribution is 2.31. The van der Waals surface area contributed by atoms with E-state index in [0.717, 1.165) is 17.4 Å². The Morgan fingerprint density at radius 1 is 1.35 bits per heavy atom. The smallest absolute Gasteiger partial charge is 0.327 e. The molecular formula is C16H21NO2S. The molecule has 4 heteroatoms. The maximum Gasteiger partial charge on any atom is 0.327 e. The third-order valence-electron chi connectivity index (χ3n) is 3.41. The van der Waals surface area contributed by atoms with Crippen LogP contribution >= 0.6 is 11.3 Å². The Morgan fingerprint density at radius 3 is 2.80 bits per heavy atom. The second-order valence-electron chi connectivity index (χ2n) is 4.85. The van der Waals surface area contributed by atoms with Gasteiger partial charge in [-0.15, -0.1) is 11.3 Å². The number of thiophene rings is 1. The van der Waals surface area contributed by atoms with E-state index < -0.39 is 0 Å². The van der Waals surface area contributed by atoms with Crippen molar-refractivity contribution in [2.24, 2.45) is 0 Å². The van der Waals surface area contributed by atoms with Crippen molar-refractivity contribution < 1.29 is 9.53 Å². The zero-order chi connectivity index (χ0) is 14.5. The second-order valence-corrected chi connectivity index (χ2v) is 5.76. The van der Waals surface area contributed by atoms with Gasteiger partial charge in [-0.3, -0.25) is 5.32 Å². The Bertz CT molecular complexity index is 579. The quantitative estimate of drug-likeness (QED) is 0.820. The van der Waals surface area contributed by atoms with E-state index in [9.17, 15) is 4.79 Å². The fourth-order valence-electron chi connectivity index (χ4n) is 2.13. The highest BCUT2D eigenvalue weighted by molar-refractivity contribution is 7.17. The number of nitrogens with one attached hydrogen (secondary N) is 1. The summed E-state index contributed by atoms with van der Waals surface area (Å²) in [6.07, 6.45) is 0.970. The van der Waals surface area contributed by atoms with Crippen LogP contribution in [0.4, 0.5) is 0 Å². The Labute approximate surface area is 123 Å². The molecule has 0 bridgehead atoms. The van der Waals surface area contributed by atoms with E-state index in [2.05, 4.69) is 36.7 Å². The van der Waals surface area contributed by atoms with Gasteiger partial charge in [-0.1, -0.05) is 25.1 Å². The number of ether oxygens (including phenoxy) is 1. The first-order valence-corrected chi connectivity index (χ1v) is 7.94. The normalized spacial score (nSPS) is 14.2. The van der Waals surface area contributed by atoms with Gasteiger partial charge < -0.3 is 4.74 Å². The van der Waals surface area contributed by atoms with Crippen LogP contribution < -0.4 is 5.32 Å². The van der Waals surface area contributed by atoms with Crippen LogP contribution in [-0.2, 0) is 9.53 Å². The molecule has 0 aliphatic carbocycles. The zero-order valence-corrected chi connectivity index (χ0v) is 13.0. The molecule has 2 unspecified atom stereocenters. The summed E-state index contributed by atoms with van der Waals surface area (Å²) in [4.78, 5) is 12.3. The third-order valence-corrected chi connectivity index (χ3v) is 4.39. The summed E-state index contributed by atoms with van der Waals surface area (Å²) in [5.41, 5.74) is 1.02. The molecule has 2 aromatic rings. The van der Waals surface area contributed by atoms with Gasteiger partial charge in [0, 0.05) is 10.7 Å². The van der Waals surface area contributed by atoms with Gasteiger partial charge in [0.1, 0.15) is 6.04 Å². The summed E-state index contributed by atoms with van der Waals surface area (Å²) in [7, 11) is 0. The Hall–Kier alpha value is -1.39. The number of carbonyl (C=O) groups excluding carboxylic acids is 1. The number of rotatable bonds is 6. The molecule has 0 aliphatic heterocycles. The van der Waals surface area contributed by atoms with Crippen LogP contribution in [0.25, 0.3) is 10.1 Å². The molecule has 2 atom stereocenters. The standard InChI is InChI=1S/C16H21NO2S/c1-4-11(3)17-15(16(18)19-5-2)13-10-20-14-9-7-6-8-12(13)14/h6-11,15,17H,4-5H2,1-3H3. The molecule has 0 saturated heterocycles. The maximum atomic E-state index is 12.3. The monoisotopic (exact) mass is 291 g/mol. The second kappa shape index (κ2) is 6.86. The molecule has 0 aliphatic rings. The molecule has 0 fully saturated rings. The lowest BCUT2D eigenvalue weighted by molar-refractivity contribution is -0.146. The van der Waals surface area contributed by atoms with Crippen molar-refractivity contribution in [2.45, 2.75) is 39.3 Å². The molecule has 0 amide bonds. The van der Waals surface area contributed by atoms with Crippen molar-refractivity contribution in [3.63, 3.8) is 0 Å². The molecule has 0 spiro atoms. The highest BCUT2D eigenvalue weighted by atomic mass is 32.1. The Kier molecular flexibility index (Phi) is 5.15. The van der Waals surface area contributed by atoms with Crippen molar-refractivity contribution in [2.75, 3.05) is 6.61 Å². The fraction of sp³-hybridized carbons (Fsp3) is 0.438. The summed E-state index contributed by atoms with van der Waals surface area (Å²) in [6, 6.07) is 8.04. The van der Waals surface area contributed by atoms with Gasteiger partial charge in [-0.2, -0.15) is 0 Å². The number of esters is 1. The van der Waals surface area contributed by atoms with Gasteiger partial charge in [0.05, 0.1) is 6.61 Å². The number of hydrogen-bond acceptors (Lipinski definition) is 4. The minimum atomic E-state index is -0.388. The number of hydrogen-bond donors (Lipinski definition) is 1. The number of fused-ring (bicyclic) bond motifs is 1. The summed E-state index contributed by atoms with van der Waals surface area (Å²) in [6.45, 7) is 6.43. The molecule has 2 rings (SSSR count). The molecule has 1 heterocycles. The van der Waals surface area contributed by atoms with E-state index >= 15 is 0 Å². The zero-order valence-electron chi connectivity index (χ0n) is 12.2. The summed E-state index contributed by atoms with van der Waals surface area (Å²) in [5.74, 6) is -0.198.